The van der Waals surface area contributed by atoms with Crippen molar-refractivity contribution in [1.29, 1.82) is 0 Å². The van der Waals surface area contributed by atoms with Crippen molar-refractivity contribution in [3.05, 3.63) is 28.2 Å². The molecule has 106 valence electrons. The molecule has 6 heteroatoms. The van der Waals surface area contributed by atoms with Gasteiger partial charge in [0.05, 0.1) is 11.4 Å². The Morgan fingerprint density at radius 3 is 2.68 bits per heavy atom. The van der Waals surface area contributed by atoms with E-state index < -0.39 is 5.97 Å². The van der Waals surface area contributed by atoms with Gasteiger partial charge in [-0.05, 0) is 24.7 Å². The van der Waals surface area contributed by atoms with Crippen LogP contribution in [0.2, 0.25) is 10.0 Å². The van der Waals surface area contributed by atoms with E-state index in [0.29, 0.717) is 35.5 Å². The van der Waals surface area contributed by atoms with Crippen LogP contribution in [0.5, 0.6) is 5.75 Å². The van der Waals surface area contributed by atoms with E-state index in [1.807, 2.05) is 11.8 Å². The van der Waals surface area contributed by atoms with Gasteiger partial charge in [0.25, 0.3) is 0 Å². The first-order valence-electron chi connectivity index (χ1n) is 6.05. The lowest BCUT2D eigenvalue weighted by Crippen LogP contribution is -2.30. The fourth-order valence-corrected chi connectivity index (χ4v) is 2.02. The third-order valence-electron chi connectivity index (χ3n) is 2.65. The Bertz CT molecular complexity index is 426. The first-order chi connectivity index (χ1) is 9.02. The van der Waals surface area contributed by atoms with E-state index in [2.05, 4.69) is 0 Å². The Morgan fingerprint density at radius 1 is 1.37 bits per heavy atom. The molecule has 0 fully saturated rings. The lowest BCUT2D eigenvalue weighted by atomic mass is 10.3. The predicted octanol–water partition coefficient (Wildman–Crippen LogP) is 3.17. The van der Waals surface area contributed by atoms with Gasteiger partial charge in [0.1, 0.15) is 12.4 Å². The van der Waals surface area contributed by atoms with Crippen molar-refractivity contribution in [2.75, 3.05) is 26.2 Å². The summed E-state index contributed by atoms with van der Waals surface area (Å²) in [6.07, 6.45) is 0.134. The van der Waals surface area contributed by atoms with Crippen molar-refractivity contribution in [3.8, 4) is 5.75 Å². The summed E-state index contributed by atoms with van der Waals surface area (Å²) in [4.78, 5) is 12.5. The Balaban J connectivity index is 2.37. The summed E-state index contributed by atoms with van der Waals surface area (Å²) in [5.41, 5.74) is 0. The van der Waals surface area contributed by atoms with Gasteiger partial charge in [-0.2, -0.15) is 0 Å². The molecule has 19 heavy (non-hydrogen) atoms. The van der Waals surface area contributed by atoms with E-state index in [-0.39, 0.29) is 6.42 Å². The number of ether oxygens (including phenoxy) is 1. The van der Waals surface area contributed by atoms with Crippen LogP contribution in [0.3, 0.4) is 0 Å². The second-order valence-electron chi connectivity index (χ2n) is 4.00. The molecular formula is C13H17Cl2NO3. The summed E-state index contributed by atoms with van der Waals surface area (Å²) in [6, 6.07) is 5.06. The van der Waals surface area contributed by atoms with E-state index in [4.69, 9.17) is 33.0 Å². The van der Waals surface area contributed by atoms with Crippen LogP contribution in [-0.2, 0) is 4.79 Å². The standard InChI is InChI=1S/C13H17Cl2NO3/c1-2-16(6-5-13(17)18)7-8-19-12-4-3-10(14)9-11(12)15/h3-4,9H,2,5-8H2,1H3,(H,17,18). The second kappa shape index (κ2) is 8.25. The average Bonchev–Trinajstić information content (AvgIpc) is 2.35. The van der Waals surface area contributed by atoms with Crippen molar-refractivity contribution >= 4 is 29.2 Å². The molecule has 0 saturated heterocycles. The summed E-state index contributed by atoms with van der Waals surface area (Å²) in [7, 11) is 0. The molecule has 0 unspecified atom stereocenters. The van der Waals surface area contributed by atoms with Crippen LogP contribution in [0.15, 0.2) is 18.2 Å². The number of halogens is 2. The summed E-state index contributed by atoms with van der Waals surface area (Å²) >= 11 is 11.8. The first-order valence-corrected chi connectivity index (χ1v) is 6.80. The number of hydrogen-bond acceptors (Lipinski definition) is 3. The van der Waals surface area contributed by atoms with Crippen molar-refractivity contribution < 1.29 is 14.6 Å². The van der Waals surface area contributed by atoms with Gasteiger partial charge in [-0.25, -0.2) is 0 Å². The molecule has 0 spiro atoms. The van der Waals surface area contributed by atoms with Crippen LogP contribution in [0.1, 0.15) is 13.3 Å². The largest absolute Gasteiger partial charge is 0.491 e. The SMILES string of the molecule is CCN(CCOc1ccc(Cl)cc1Cl)CCC(=O)O. The topological polar surface area (TPSA) is 49.8 Å². The molecule has 0 heterocycles. The number of benzene rings is 1. The molecular weight excluding hydrogens is 289 g/mol. The van der Waals surface area contributed by atoms with Gasteiger partial charge in [0, 0.05) is 18.1 Å². The Labute approximate surface area is 122 Å². The molecule has 0 amide bonds. The minimum absolute atomic E-state index is 0.134. The normalized spacial score (nSPS) is 10.7. The van der Waals surface area contributed by atoms with Crippen LogP contribution in [0.25, 0.3) is 0 Å². The van der Waals surface area contributed by atoms with E-state index in [0.717, 1.165) is 6.54 Å². The molecule has 0 aliphatic rings. The number of carboxylic acids is 1. The van der Waals surface area contributed by atoms with E-state index >= 15 is 0 Å². The summed E-state index contributed by atoms with van der Waals surface area (Å²) in [5, 5.41) is 9.67. The number of aliphatic carboxylic acids is 1. The highest BCUT2D eigenvalue weighted by Crippen LogP contribution is 2.27. The van der Waals surface area contributed by atoms with E-state index in [1.54, 1.807) is 18.2 Å². The molecule has 0 aliphatic carbocycles. The molecule has 1 rings (SSSR count). The van der Waals surface area contributed by atoms with Crippen molar-refractivity contribution in [2.24, 2.45) is 0 Å². The molecule has 0 saturated carbocycles. The van der Waals surface area contributed by atoms with Gasteiger partial charge in [0.2, 0.25) is 0 Å². The smallest absolute Gasteiger partial charge is 0.304 e. The third-order valence-corrected chi connectivity index (χ3v) is 3.18. The minimum atomic E-state index is -0.792. The number of rotatable bonds is 8. The fourth-order valence-electron chi connectivity index (χ4n) is 1.56. The van der Waals surface area contributed by atoms with Gasteiger partial charge in [-0.15, -0.1) is 0 Å². The molecule has 0 bridgehead atoms. The van der Waals surface area contributed by atoms with Crippen molar-refractivity contribution in [2.45, 2.75) is 13.3 Å². The van der Waals surface area contributed by atoms with Gasteiger partial charge in [0.15, 0.2) is 0 Å². The first kappa shape index (κ1) is 16.1. The number of hydrogen-bond donors (Lipinski definition) is 1. The van der Waals surface area contributed by atoms with Gasteiger partial charge < -0.3 is 9.84 Å². The number of nitrogens with zero attached hydrogens (tertiary/aromatic N) is 1. The highest BCUT2D eigenvalue weighted by Gasteiger charge is 2.07. The van der Waals surface area contributed by atoms with Crippen molar-refractivity contribution in [3.63, 3.8) is 0 Å². The minimum Gasteiger partial charge on any atom is -0.491 e. The van der Waals surface area contributed by atoms with Gasteiger partial charge in [-0.3, -0.25) is 9.69 Å². The highest BCUT2D eigenvalue weighted by molar-refractivity contribution is 6.35. The molecule has 1 N–H and O–H groups in total. The van der Waals surface area contributed by atoms with Gasteiger partial charge in [-0.1, -0.05) is 30.1 Å². The molecule has 0 radical (unpaired) electrons. The summed E-state index contributed by atoms with van der Waals surface area (Å²) < 4.78 is 5.55. The van der Waals surface area contributed by atoms with Gasteiger partial charge >= 0.3 is 5.97 Å². The summed E-state index contributed by atoms with van der Waals surface area (Å²) in [5.74, 6) is -0.208. The Morgan fingerprint density at radius 2 is 2.11 bits per heavy atom. The lowest BCUT2D eigenvalue weighted by Gasteiger charge is -2.19. The quantitative estimate of drug-likeness (QED) is 0.801. The lowest BCUT2D eigenvalue weighted by molar-refractivity contribution is -0.137. The monoisotopic (exact) mass is 305 g/mol. The zero-order valence-electron chi connectivity index (χ0n) is 10.7. The maximum absolute atomic E-state index is 10.5. The fraction of sp³-hybridized carbons (Fsp3) is 0.462. The van der Waals surface area contributed by atoms with Crippen LogP contribution in [0, 0.1) is 0 Å². The van der Waals surface area contributed by atoms with E-state index in [9.17, 15) is 4.79 Å². The van der Waals surface area contributed by atoms with Crippen molar-refractivity contribution in [1.82, 2.24) is 4.90 Å². The highest BCUT2D eigenvalue weighted by atomic mass is 35.5. The molecule has 1 aromatic rings. The number of likely N-dealkylation sites (N-methyl/N-ethyl adjacent to an activating group) is 1. The zero-order valence-corrected chi connectivity index (χ0v) is 12.2. The van der Waals surface area contributed by atoms with Crippen LogP contribution >= 0.6 is 23.2 Å². The third kappa shape index (κ3) is 6.14. The summed E-state index contributed by atoms with van der Waals surface area (Å²) in [6.45, 7) is 4.39. The Kier molecular flexibility index (Phi) is 6.99. The van der Waals surface area contributed by atoms with Crippen LogP contribution < -0.4 is 4.74 Å². The second-order valence-corrected chi connectivity index (χ2v) is 4.84. The average molecular weight is 306 g/mol. The van der Waals surface area contributed by atoms with Crippen LogP contribution in [0.4, 0.5) is 0 Å². The maximum Gasteiger partial charge on any atom is 0.304 e. The number of carbonyl (C=O) groups is 1. The van der Waals surface area contributed by atoms with Crippen LogP contribution in [-0.4, -0.2) is 42.2 Å². The molecule has 0 atom stereocenters. The predicted molar refractivity (Wildman–Crippen MR) is 76.3 cm³/mol. The maximum atomic E-state index is 10.5. The molecule has 0 aromatic heterocycles. The van der Waals surface area contributed by atoms with E-state index in [1.165, 1.54) is 0 Å². The number of carboxylic acid groups (broad SMARTS) is 1. The zero-order chi connectivity index (χ0) is 14.3. The molecule has 0 aliphatic heterocycles. The molecule has 4 nitrogen and oxygen atoms in total. The Hall–Kier alpha value is -0.970. The molecule has 1 aromatic carbocycles.